The smallest absolute Gasteiger partial charge is 0.321 e. The monoisotopic (exact) mass is 369 g/mol. The van der Waals surface area contributed by atoms with Crippen LogP contribution in [0.3, 0.4) is 0 Å². The van der Waals surface area contributed by atoms with Crippen LogP contribution in [0.15, 0.2) is 64.5 Å². The summed E-state index contributed by atoms with van der Waals surface area (Å²) >= 11 is 1.07. The number of hydrogen-bond donors (Lipinski definition) is 2. The predicted octanol–water partition coefficient (Wildman–Crippen LogP) is 2.42. The fourth-order valence-corrected chi connectivity index (χ4v) is 2.98. The first-order valence-corrected chi connectivity index (χ1v) is 8.53. The van der Waals surface area contributed by atoms with Crippen molar-refractivity contribution in [2.24, 2.45) is 0 Å². The summed E-state index contributed by atoms with van der Waals surface area (Å²) in [4.78, 5) is 28.0. The number of nitrogens with one attached hydrogen (secondary N) is 2. The lowest BCUT2D eigenvalue weighted by Crippen LogP contribution is -2.39. The van der Waals surface area contributed by atoms with Crippen LogP contribution in [-0.4, -0.2) is 34.2 Å². The van der Waals surface area contributed by atoms with Crippen LogP contribution in [0.4, 0.5) is 4.79 Å². The van der Waals surface area contributed by atoms with Gasteiger partial charge in [-0.1, -0.05) is 30.3 Å². The summed E-state index contributed by atoms with van der Waals surface area (Å²) in [5.74, 6) is -0.180. The standard InChI is InChI=1S/C17H15N5O3S/c1-18-16(24)20-14(23)13(11-6-3-2-4-7-11)26-17-22-21-15(25-17)12-8-5-9-19-10-12/h2-10,13H,1H3,(H2,18,20,23,24)/t13-/m1/s1. The number of hydrogen-bond acceptors (Lipinski definition) is 7. The largest absolute Gasteiger partial charge is 0.411 e. The number of benzene rings is 1. The SMILES string of the molecule is CNC(=O)NC(=O)[C@H](Sc1nnc(-c2cccnc2)o1)c1ccccc1. The third-order valence-electron chi connectivity index (χ3n) is 3.34. The van der Waals surface area contributed by atoms with E-state index in [4.69, 9.17) is 4.42 Å². The lowest BCUT2D eigenvalue weighted by Gasteiger charge is -2.14. The van der Waals surface area contributed by atoms with Crippen LogP contribution in [0, 0.1) is 0 Å². The number of pyridine rings is 1. The lowest BCUT2D eigenvalue weighted by molar-refractivity contribution is -0.119. The van der Waals surface area contributed by atoms with Crippen molar-refractivity contribution in [2.75, 3.05) is 7.05 Å². The Morgan fingerprint density at radius 3 is 2.62 bits per heavy atom. The molecule has 0 aliphatic carbocycles. The minimum absolute atomic E-state index is 0.213. The molecule has 0 radical (unpaired) electrons. The highest BCUT2D eigenvalue weighted by Gasteiger charge is 2.26. The quantitative estimate of drug-likeness (QED) is 0.665. The Kier molecular flexibility index (Phi) is 5.59. The molecule has 8 nitrogen and oxygen atoms in total. The van der Waals surface area contributed by atoms with Crippen LogP contribution < -0.4 is 10.6 Å². The van der Waals surface area contributed by atoms with Crippen molar-refractivity contribution in [2.45, 2.75) is 10.5 Å². The lowest BCUT2D eigenvalue weighted by atomic mass is 10.1. The number of nitrogens with zero attached hydrogens (tertiary/aromatic N) is 3. The molecule has 0 unspecified atom stereocenters. The molecule has 0 spiro atoms. The van der Waals surface area contributed by atoms with Crippen molar-refractivity contribution in [1.82, 2.24) is 25.8 Å². The molecule has 1 aromatic carbocycles. The average molecular weight is 369 g/mol. The molecule has 0 bridgehead atoms. The summed E-state index contributed by atoms with van der Waals surface area (Å²) in [6, 6.07) is 12.0. The second-order valence-electron chi connectivity index (χ2n) is 5.09. The van der Waals surface area contributed by atoms with Gasteiger partial charge in [0.25, 0.3) is 5.22 Å². The van der Waals surface area contributed by atoms with E-state index in [1.807, 2.05) is 18.2 Å². The van der Waals surface area contributed by atoms with Gasteiger partial charge in [0.1, 0.15) is 5.25 Å². The zero-order chi connectivity index (χ0) is 18.4. The maximum atomic E-state index is 12.5. The minimum atomic E-state index is -0.726. The molecule has 0 saturated carbocycles. The maximum Gasteiger partial charge on any atom is 0.321 e. The van der Waals surface area contributed by atoms with E-state index in [1.165, 1.54) is 7.05 Å². The van der Waals surface area contributed by atoms with E-state index < -0.39 is 17.2 Å². The summed E-state index contributed by atoms with van der Waals surface area (Å²) in [6.45, 7) is 0. The van der Waals surface area contributed by atoms with E-state index in [9.17, 15) is 9.59 Å². The molecule has 2 N–H and O–H groups in total. The molecule has 132 valence electrons. The van der Waals surface area contributed by atoms with Gasteiger partial charge in [0.05, 0.1) is 5.56 Å². The molecular formula is C17H15N5O3S. The van der Waals surface area contributed by atoms with Crippen LogP contribution in [0.25, 0.3) is 11.5 Å². The molecule has 3 amide bonds. The molecule has 2 heterocycles. The van der Waals surface area contributed by atoms with Gasteiger partial charge >= 0.3 is 6.03 Å². The summed E-state index contributed by atoms with van der Waals surface area (Å²) < 4.78 is 5.62. The van der Waals surface area contributed by atoms with Gasteiger partial charge in [-0.25, -0.2) is 4.79 Å². The van der Waals surface area contributed by atoms with Gasteiger partial charge in [-0.2, -0.15) is 0 Å². The predicted molar refractivity (Wildman–Crippen MR) is 95.2 cm³/mol. The van der Waals surface area contributed by atoms with E-state index in [2.05, 4.69) is 25.8 Å². The normalized spacial score (nSPS) is 11.6. The average Bonchev–Trinajstić information content (AvgIpc) is 3.16. The van der Waals surface area contributed by atoms with Crippen molar-refractivity contribution >= 4 is 23.7 Å². The van der Waals surface area contributed by atoms with Crippen LogP contribution in [-0.2, 0) is 4.79 Å². The number of urea groups is 1. The van der Waals surface area contributed by atoms with Gasteiger partial charge in [-0.05, 0) is 29.5 Å². The minimum Gasteiger partial charge on any atom is -0.411 e. The van der Waals surface area contributed by atoms with Gasteiger partial charge < -0.3 is 9.73 Å². The molecule has 26 heavy (non-hydrogen) atoms. The molecule has 9 heteroatoms. The molecule has 0 saturated heterocycles. The first-order valence-electron chi connectivity index (χ1n) is 7.65. The molecule has 3 rings (SSSR count). The van der Waals surface area contributed by atoms with E-state index >= 15 is 0 Å². The molecule has 0 aliphatic heterocycles. The van der Waals surface area contributed by atoms with Crippen molar-refractivity contribution in [3.8, 4) is 11.5 Å². The summed E-state index contributed by atoms with van der Waals surface area (Å²) in [5, 5.41) is 12.1. The number of amides is 3. The molecule has 0 fully saturated rings. The highest BCUT2D eigenvalue weighted by Crippen LogP contribution is 2.35. The van der Waals surface area contributed by atoms with E-state index in [1.54, 1.807) is 36.7 Å². The van der Waals surface area contributed by atoms with Crippen molar-refractivity contribution in [1.29, 1.82) is 0 Å². The molecule has 0 aliphatic rings. The van der Waals surface area contributed by atoms with Crippen molar-refractivity contribution < 1.29 is 14.0 Å². The Bertz CT molecular complexity index is 886. The number of aromatic nitrogens is 3. The number of carbonyl (C=O) groups is 2. The van der Waals surface area contributed by atoms with Gasteiger partial charge in [0.15, 0.2) is 0 Å². The Labute approximate surface area is 153 Å². The molecule has 2 aromatic heterocycles. The number of carbonyl (C=O) groups excluding carboxylic acids is 2. The fraction of sp³-hybridized carbons (Fsp3) is 0.118. The maximum absolute atomic E-state index is 12.5. The van der Waals surface area contributed by atoms with E-state index in [-0.39, 0.29) is 5.22 Å². The Hall–Kier alpha value is -3.20. The van der Waals surface area contributed by atoms with E-state index in [0.29, 0.717) is 17.0 Å². The van der Waals surface area contributed by atoms with E-state index in [0.717, 1.165) is 11.8 Å². The van der Waals surface area contributed by atoms with Gasteiger partial charge in [0.2, 0.25) is 11.8 Å². The number of rotatable bonds is 5. The highest BCUT2D eigenvalue weighted by atomic mass is 32.2. The summed E-state index contributed by atoms with van der Waals surface area (Å²) in [5.41, 5.74) is 1.39. The Morgan fingerprint density at radius 2 is 1.92 bits per heavy atom. The second-order valence-corrected chi connectivity index (χ2v) is 6.15. The summed E-state index contributed by atoms with van der Waals surface area (Å²) in [6.07, 6.45) is 3.25. The van der Waals surface area contributed by atoms with Gasteiger partial charge in [-0.15, -0.1) is 10.2 Å². The van der Waals surface area contributed by atoms with Crippen LogP contribution >= 0.6 is 11.8 Å². The fourth-order valence-electron chi connectivity index (χ4n) is 2.10. The number of imide groups is 1. The zero-order valence-electron chi connectivity index (χ0n) is 13.7. The molecule has 1 atom stereocenters. The third-order valence-corrected chi connectivity index (χ3v) is 4.43. The van der Waals surface area contributed by atoms with Gasteiger partial charge in [0, 0.05) is 19.4 Å². The molecular weight excluding hydrogens is 354 g/mol. The second kappa shape index (κ2) is 8.26. The van der Waals surface area contributed by atoms with Crippen LogP contribution in [0.2, 0.25) is 0 Å². The number of thioether (sulfide) groups is 1. The zero-order valence-corrected chi connectivity index (χ0v) is 14.6. The van der Waals surface area contributed by atoms with Crippen molar-refractivity contribution in [3.63, 3.8) is 0 Å². The Morgan fingerprint density at radius 1 is 1.12 bits per heavy atom. The topological polar surface area (TPSA) is 110 Å². The first-order chi connectivity index (χ1) is 12.7. The highest BCUT2D eigenvalue weighted by molar-refractivity contribution is 8.00. The Balaban J connectivity index is 1.83. The van der Waals surface area contributed by atoms with Crippen LogP contribution in [0.5, 0.6) is 0 Å². The third kappa shape index (κ3) is 4.25. The molecule has 3 aromatic rings. The van der Waals surface area contributed by atoms with Crippen LogP contribution in [0.1, 0.15) is 10.8 Å². The van der Waals surface area contributed by atoms with Crippen molar-refractivity contribution in [3.05, 3.63) is 60.4 Å². The van der Waals surface area contributed by atoms with Gasteiger partial charge in [-0.3, -0.25) is 15.1 Å². The first kappa shape index (κ1) is 17.6. The summed E-state index contributed by atoms with van der Waals surface area (Å²) in [7, 11) is 1.44.